The molecule has 2 unspecified atom stereocenters. The van der Waals surface area contributed by atoms with Gasteiger partial charge in [-0.1, -0.05) is 43.7 Å². The summed E-state index contributed by atoms with van der Waals surface area (Å²) in [7, 11) is -2.98. The van der Waals surface area contributed by atoms with E-state index in [-0.39, 0.29) is 5.75 Å². The highest BCUT2D eigenvalue weighted by atomic mass is 32.2. The van der Waals surface area contributed by atoms with Crippen LogP contribution >= 0.6 is 0 Å². The summed E-state index contributed by atoms with van der Waals surface area (Å²) in [5.74, 6) is 2.10. The molecule has 0 spiro atoms. The molecule has 0 radical (unpaired) electrons. The first kappa shape index (κ1) is 19.8. The molecule has 0 bridgehead atoms. The molecule has 0 aliphatic carbocycles. The van der Waals surface area contributed by atoms with Gasteiger partial charge in [-0.15, -0.1) is 0 Å². The van der Waals surface area contributed by atoms with Crippen LogP contribution < -0.4 is 5.32 Å². The summed E-state index contributed by atoms with van der Waals surface area (Å²) in [5.41, 5.74) is 1.42. The van der Waals surface area contributed by atoms with Gasteiger partial charge in [0.15, 0.2) is 5.96 Å². The Morgan fingerprint density at radius 3 is 2.60 bits per heavy atom. The molecular weight excluding hydrogens is 334 g/mol. The SMILES string of the molecule is CCNC(=NCCS(C)(=O)=O)N1CCC(c2ccccc2)C(CC)C1. The number of rotatable bonds is 6. The predicted octanol–water partition coefficient (Wildman–Crippen LogP) is 2.51. The van der Waals surface area contributed by atoms with Crippen molar-refractivity contribution in [1.82, 2.24) is 10.2 Å². The van der Waals surface area contributed by atoms with E-state index in [1.54, 1.807) is 0 Å². The van der Waals surface area contributed by atoms with Crippen molar-refractivity contribution in [2.75, 3.05) is 38.2 Å². The molecule has 1 aliphatic heterocycles. The third kappa shape index (κ3) is 6.03. The van der Waals surface area contributed by atoms with Crippen molar-refractivity contribution in [2.24, 2.45) is 10.9 Å². The number of aliphatic imine (C=N–C) groups is 1. The van der Waals surface area contributed by atoms with Crippen molar-refractivity contribution in [3.63, 3.8) is 0 Å². The van der Waals surface area contributed by atoms with Crippen LogP contribution in [-0.2, 0) is 9.84 Å². The van der Waals surface area contributed by atoms with Gasteiger partial charge in [-0.3, -0.25) is 4.99 Å². The Labute approximate surface area is 152 Å². The molecule has 1 heterocycles. The average molecular weight is 366 g/mol. The van der Waals surface area contributed by atoms with Gasteiger partial charge < -0.3 is 10.2 Å². The normalized spacial score (nSPS) is 22.0. The summed E-state index contributed by atoms with van der Waals surface area (Å²) in [6, 6.07) is 10.8. The second-order valence-electron chi connectivity index (χ2n) is 6.79. The second-order valence-corrected chi connectivity index (χ2v) is 9.05. The maximum absolute atomic E-state index is 11.3. The molecule has 5 nitrogen and oxygen atoms in total. The van der Waals surface area contributed by atoms with Gasteiger partial charge in [-0.05, 0) is 30.7 Å². The van der Waals surface area contributed by atoms with Crippen LogP contribution in [0, 0.1) is 5.92 Å². The molecule has 0 aromatic heterocycles. The number of hydrogen-bond donors (Lipinski definition) is 1. The number of guanidine groups is 1. The van der Waals surface area contributed by atoms with Crippen LogP contribution in [0.2, 0.25) is 0 Å². The molecule has 2 rings (SSSR count). The topological polar surface area (TPSA) is 61.8 Å². The summed E-state index contributed by atoms with van der Waals surface area (Å²) in [5, 5.41) is 3.32. The Hall–Kier alpha value is -1.56. The molecule has 2 atom stereocenters. The molecule has 0 amide bonds. The fourth-order valence-corrected chi connectivity index (χ4v) is 3.94. The van der Waals surface area contributed by atoms with Crippen molar-refractivity contribution < 1.29 is 8.42 Å². The lowest BCUT2D eigenvalue weighted by molar-refractivity contribution is 0.215. The Bertz CT molecular complexity index is 659. The van der Waals surface area contributed by atoms with Crippen LogP contribution in [0.5, 0.6) is 0 Å². The Morgan fingerprint density at radius 1 is 1.28 bits per heavy atom. The van der Waals surface area contributed by atoms with Crippen LogP contribution in [0.3, 0.4) is 0 Å². The van der Waals surface area contributed by atoms with E-state index in [0.717, 1.165) is 38.4 Å². The fraction of sp³-hybridized carbons (Fsp3) is 0.632. The van der Waals surface area contributed by atoms with Gasteiger partial charge in [0.25, 0.3) is 0 Å². The first-order valence-corrected chi connectivity index (χ1v) is 11.3. The molecule has 1 saturated heterocycles. The number of nitrogens with one attached hydrogen (secondary N) is 1. The Kier molecular flexibility index (Phi) is 7.29. The number of benzene rings is 1. The first-order chi connectivity index (χ1) is 11.9. The number of piperidine rings is 1. The van der Waals surface area contributed by atoms with Gasteiger partial charge in [-0.25, -0.2) is 8.42 Å². The van der Waals surface area contributed by atoms with Gasteiger partial charge in [0, 0.05) is 25.9 Å². The highest BCUT2D eigenvalue weighted by Crippen LogP contribution is 2.34. The van der Waals surface area contributed by atoms with E-state index in [2.05, 4.69) is 52.5 Å². The lowest BCUT2D eigenvalue weighted by Gasteiger charge is -2.40. The molecular formula is C19H31N3O2S. The molecule has 6 heteroatoms. The highest BCUT2D eigenvalue weighted by molar-refractivity contribution is 7.90. The number of sulfone groups is 1. The lowest BCUT2D eigenvalue weighted by atomic mass is 9.79. The van der Waals surface area contributed by atoms with E-state index in [4.69, 9.17) is 0 Å². The molecule has 1 aromatic carbocycles. The zero-order chi connectivity index (χ0) is 18.3. The van der Waals surface area contributed by atoms with E-state index >= 15 is 0 Å². The van der Waals surface area contributed by atoms with Crippen molar-refractivity contribution >= 4 is 15.8 Å². The molecule has 0 saturated carbocycles. The minimum Gasteiger partial charge on any atom is -0.357 e. The van der Waals surface area contributed by atoms with Gasteiger partial charge in [0.2, 0.25) is 0 Å². The standard InChI is InChI=1S/C19H31N3O2S/c1-4-16-15-22(13-11-18(16)17-9-7-6-8-10-17)19(20-5-2)21-12-14-25(3,23)24/h6-10,16,18H,4-5,11-15H2,1-3H3,(H,20,21). The molecule has 1 fully saturated rings. The summed E-state index contributed by atoms with van der Waals surface area (Å²) in [6.45, 7) is 7.29. The third-order valence-corrected chi connectivity index (χ3v) is 5.77. The quantitative estimate of drug-likeness (QED) is 0.621. The highest BCUT2D eigenvalue weighted by Gasteiger charge is 2.30. The second kappa shape index (κ2) is 9.22. The van der Waals surface area contributed by atoms with Gasteiger partial charge >= 0.3 is 0 Å². The van der Waals surface area contributed by atoms with Gasteiger partial charge in [0.05, 0.1) is 12.3 Å². The van der Waals surface area contributed by atoms with Crippen LogP contribution in [0.15, 0.2) is 35.3 Å². The molecule has 140 valence electrons. The maximum Gasteiger partial charge on any atom is 0.193 e. The van der Waals surface area contributed by atoms with E-state index in [9.17, 15) is 8.42 Å². The van der Waals surface area contributed by atoms with Crippen molar-refractivity contribution in [3.05, 3.63) is 35.9 Å². The Morgan fingerprint density at radius 2 is 2.00 bits per heavy atom. The fourth-order valence-electron chi connectivity index (χ4n) is 3.52. The number of likely N-dealkylation sites (tertiary alicyclic amines) is 1. The van der Waals surface area contributed by atoms with Crippen molar-refractivity contribution in [1.29, 1.82) is 0 Å². The summed E-state index contributed by atoms with van der Waals surface area (Å²) < 4.78 is 22.7. The summed E-state index contributed by atoms with van der Waals surface area (Å²) in [6.07, 6.45) is 3.48. The van der Waals surface area contributed by atoms with E-state index < -0.39 is 9.84 Å². The number of hydrogen-bond acceptors (Lipinski definition) is 3. The molecule has 1 N–H and O–H groups in total. The molecule has 25 heavy (non-hydrogen) atoms. The van der Waals surface area contributed by atoms with Crippen LogP contribution in [0.1, 0.15) is 38.2 Å². The zero-order valence-corrected chi connectivity index (χ0v) is 16.4. The molecule has 1 aliphatic rings. The monoisotopic (exact) mass is 365 g/mol. The maximum atomic E-state index is 11.3. The summed E-state index contributed by atoms with van der Waals surface area (Å²) >= 11 is 0. The van der Waals surface area contributed by atoms with Crippen molar-refractivity contribution in [3.8, 4) is 0 Å². The van der Waals surface area contributed by atoms with E-state index in [1.807, 2.05) is 6.92 Å². The van der Waals surface area contributed by atoms with E-state index in [0.29, 0.717) is 18.4 Å². The van der Waals surface area contributed by atoms with Crippen molar-refractivity contribution in [2.45, 2.75) is 32.6 Å². The third-order valence-electron chi connectivity index (χ3n) is 4.84. The van der Waals surface area contributed by atoms with Gasteiger partial charge in [0.1, 0.15) is 9.84 Å². The van der Waals surface area contributed by atoms with E-state index in [1.165, 1.54) is 11.8 Å². The predicted molar refractivity (Wildman–Crippen MR) is 105 cm³/mol. The Balaban J connectivity index is 2.07. The van der Waals surface area contributed by atoms with Gasteiger partial charge in [-0.2, -0.15) is 0 Å². The summed E-state index contributed by atoms with van der Waals surface area (Å²) in [4.78, 5) is 6.83. The minimum absolute atomic E-state index is 0.0968. The first-order valence-electron chi connectivity index (χ1n) is 9.20. The lowest BCUT2D eigenvalue weighted by Crippen LogP contribution is -2.48. The largest absolute Gasteiger partial charge is 0.357 e. The minimum atomic E-state index is -2.98. The smallest absolute Gasteiger partial charge is 0.193 e. The van der Waals surface area contributed by atoms with Crippen LogP contribution in [0.25, 0.3) is 0 Å². The van der Waals surface area contributed by atoms with Crippen LogP contribution in [-0.4, -0.2) is 57.5 Å². The number of nitrogens with zero attached hydrogens (tertiary/aromatic N) is 2. The average Bonchev–Trinajstić information content (AvgIpc) is 2.60. The van der Waals surface area contributed by atoms with Crippen LogP contribution in [0.4, 0.5) is 0 Å². The molecule has 1 aromatic rings. The zero-order valence-electron chi connectivity index (χ0n) is 15.6.